The van der Waals surface area contributed by atoms with Gasteiger partial charge in [0.05, 0.1) is 24.5 Å². The van der Waals surface area contributed by atoms with E-state index in [9.17, 15) is 8.42 Å². The molecule has 6 nitrogen and oxygen atoms in total. The molecule has 114 valence electrons. The van der Waals surface area contributed by atoms with Crippen molar-refractivity contribution >= 4 is 43.0 Å². The third kappa shape index (κ3) is 3.47. The smallest absolute Gasteiger partial charge is 0.272 e. The van der Waals surface area contributed by atoms with Crippen LogP contribution in [0, 0.1) is 0 Å². The largest absolute Gasteiger partial charge is 0.376 e. The fraction of sp³-hybridized carbons (Fsp3) is 0.417. The van der Waals surface area contributed by atoms with Crippen molar-refractivity contribution in [2.45, 2.75) is 29.7 Å². The van der Waals surface area contributed by atoms with E-state index >= 15 is 0 Å². The fourth-order valence-corrected chi connectivity index (χ4v) is 5.55. The Balaban J connectivity index is 1.70. The monoisotopic (exact) mass is 391 g/mol. The molecule has 1 aliphatic heterocycles. The standard InChI is InChI=1S/C12H14BrN3O3S2/c13-11-3-5-20-12(11)21(17,18)15-9-6-14-16(7-9)8-10-2-1-4-19-10/h3,5-7,10,15H,1-2,4,8H2. The van der Waals surface area contributed by atoms with Crippen LogP contribution in [0.4, 0.5) is 5.69 Å². The van der Waals surface area contributed by atoms with Crippen LogP contribution in [-0.4, -0.2) is 30.9 Å². The van der Waals surface area contributed by atoms with Crippen LogP contribution >= 0.6 is 27.3 Å². The van der Waals surface area contributed by atoms with Gasteiger partial charge in [-0.25, -0.2) is 8.42 Å². The summed E-state index contributed by atoms with van der Waals surface area (Å²) in [4.78, 5) is 0. The maximum atomic E-state index is 12.2. The summed E-state index contributed by atoms with van der Waals surface area (Å²) in [6.45, 7) is 1.43. The van der Waals surface area contributed by atoms with E-state index in [0.29, 0.717) is 16.7 Å². The molecule has 0 spiro atoms. The van der Waals surface area contributed by atoms with Crippen LogP contribution in [0.3, 0.4) is 0 Å². The van der Waals surface area contributed by atoms with E-state index in [-0.39, 0.29) is 10.3 Å². The van der Waals surface area contributed by atoms with Crippen LogP contribution in [0.5, 0.6) is 0 Å². The summed E-state index contributed by atoms with van der Waals surface area (Å²) in [7, 11) is -3.58. The van der Waals surface area contributed by atoms with E-state index in [1.54, 1.807) is 22.3 Å². The summed E-state index contributed by atoms with van der Waals surface area (Å²) < 4.78 is 35.1. The summed E-state index contributed by atoms with van der Waals surface area (Å²) in [6.07, 6.45) is 5.44. The highest BCUT2D eigenvalue weighted by Crippen LogP contribution is 2.29. The summed E-state index contributed by atoms with van der Waals surface area (Å²) in [5.74, 6) is 0. The van der Waals surface area contributed by atoms with Gasteiger partial charge in [-0.15, -0.1) is 11.3 Å². The molecule has 0 aliphatic carbocycles. The molecule has 3 heterocycles. The summed E-state index contributed by atoms with van der Waals surface area (Å²) >= 11 is 4.40. The molecular weight excluding hydrogens is 378 g/mol. The minimum Gasteiger partial charge on any atom is -0.376 e. The summed E-state index contributed by atoms with van der Waals surface area (Å²) in [6, 6.07) is 1.71. The van der Waals surface area contributed by atoms with Crippen LogP contribution < -0.4 is 4.72 Å². The number of halogens is 1. The first-order valence-corrected chi connectivity index (χ1v) is 9.60. The highest BCUT2D eigenvalue weighted by atomic mass is 79.9. The second kappa shape index (κ2) is 6.07. The van der Waals surface area contributed by atoms with E-state index in [2.05, 4.69) is 25.8 Å². The Hall–Kier alpha value is -0.900. The molecule has 9 heteroatoms. The number of thiophene rings is 1. The summed E-state index contributed by atoms with van der Waals surface area (Å²) in [5.41, 5.74) is 0.452. The van der Waals surface area contributed by atoms with E-state index in [0.717, 1.165) is 30.8 Å². The SMILES string of the molecule is O=S(=O)(Nc1cnn(CC2CCCO2)c1)c1sccc1Br. The van der Waals surface area contributed by atoms with Crippen molar-refractivity contribution in [1.29, 1.82) is 0 Å². The zero-order valence-corrected chi connectivity index (χ0v) is 14.2. The van der Waals surface area contributed by atoms with Gasteiger partial charge in [0.1, 0.15) is 0 Å². The number of nitrogens with zero attached hydrogens (tertiary/aromatic N) is 2. The third-order valence-corrected chi connectivity index (χ3v) is 7.18. The van der Waals surface area contributed by atoms with Gasteiger partial charge < -0.3 is 4.74 Å². The normalized spacial score (nSPS) is 19.0. The lowest BCUT2D eigenvalue weighted by Crippen LogP contribution is -2.15. The zero-order valence-electron chi connectivity index (χ0n) is 11.0. The first kappa shape index (κ1) is 15.0. The Labute approximate surface area is 135 Å². The number of hydrogen-bond acceptors (Lipinski definition) is 5. The van der Waals surface area contributed by atoms with Crippen molar-refractivity contribution in [3.63, 3.8) is 0 Å². The molecule has 0 radical (unpaired) electrons. The molecule has 1 atom stereocenters. The van der Waals surface area contributed by atoms with Crippen molar-refractivity contribution in [3.8, 4) is 0 Å². The second-order valence-corrected chi connectivity index (χ2v) is 8.40. The van der Waals surface area contributed by atoms with Gasteiger partial charge in [-0.05, 0) is 40.2 Å². The highest BCUT2D eigenvalue weighted by molar-refractivity contribution is 9.10. The van der Waals surface area contributed by atoms with Crippen molar-refractivity contribution in [2.24, 2.45) is 0 Å². The van der Waals surface area contributed by atoms with Gasteiger partial charge >= 0.3 is 0 Å². The van der Waals surface area contributed by atoms with Crippen LogP contribution in [0.15, 0.2) is 32.5 Å². The maximum Gasteiger partial charge on any atom is 0.272 e. The van der Waals surface area contributed by atoms with Crippen LogP contribution in [0.25, 0.3) is 0 Å². The molecule has 1 aliphatic rings. The molecule has 0 aromatic carbocycles. The number of nitrogens with one attached hydrogen (secondary N) is 1. The topological polar surface area (TPSA) is 73.2 Å². The molecule has 1 unspecified atom stereocenters. The molecule has 1 saturated heterocycles. The lowest BCUT2D eigenvalue weighted by atomic mass is 10.2. The van der Waals surface area contributed by atoms with E-state index < -0.39 is 10.0 Å². The number of hydrogen-bond donors (Lipinski definition) is 1. The predicted octanol–water partition coefficient (Wildman–Crippen LogP) is 2.69. The molecule has 21 heavy (non-hydrogen) atoms. The van der Waals surface area contributed by atoms with Crippen molar-refractivity contribution in [2.75, 3.05) is 11.3 Å². The lowest BCUT2D eigenvalue weighted by Gasteiger charge is -2.08. The molecule has 0 amide bonds. The fourth-order valence-electron chi connectivity index (χ4n) is 2.19. The molecule has 0 saturated carbocycles. The molecule has 1 fully saturated rings. The van der Waals surface area contributed by atoms with Gasteiger partial charge in [-0.2, -0.15) is 5.10 Å². The first-order valence-electron chi connectivity index (χ1n) is 6.44. The Bertz CT molecular complexity index is 720. The highest BCUT2D eigenvalue weighted by Gasteiger charge is 2.21. The number of ether oxygens (including phenoxy) is 1. The van der Waals surface area contributed by atoms with E-state index in [1.807, 2.05) is 0 Å². The van der Waals surface area contributed by atoms with Gasteiger partial charge in [-0.1, -0.05) is 0 Å². The lowest BCUT2D eigenvalue weighted by molar-refractivity contribution is 0.0940. The van der Waals surface area contributed by atoms with E-state index in [4.69, 9.17) is 4.74 Å². The minimum absolute atomic E-state index is 0.167. The average Bonchev–Trinajstić information content (AvgIpc) is 3.12. The Kier molecular flexibility index (Phi) is 4.34. The van der Waals surface area contributed by atoms with Gasteiger partial charge in [0.25, 0.3) is 10.0 Å². The van der Waals surface area contributed by atoms with Crippen LogP contribution in [-0.2, 0) is 21.3 Å². The molecule has 1 N–H and O–H groups in total. The number of sulfonamides is 1. The maximum absolute atomic E-state index is 12.2. The molecule has 0 bridgehead atoms. The predicted molar refractivity (Wildman–Crippen MR) is 84.0 cm³/mol. The molecule has 2 aromatic heterocycles. The van der Waals surface area contributed by atoms with E-state index in [1.165, 1.54) is 6.20 Å². The van der Waals surface area contributed by atoms with Crippen molar-refractivity contribution < 1.29 is 13.2 Å². The van der Waals surface area contributed by atoms with Crippen molar-refractivity contribution in [3.05, 3.63) is 28.3 Å². The minimum atomic E-state index is -3.58. The quantitative estimate of drug-likeness (QED) is 0.849. The van der Waals surface area contributed by atoms with Gasteiger partial charge in [0.15, 0.2) is 4.21 Å². The van der Waals surface area contributed by atoms with Gasteiger partial charge in [-0.3, -0.25) is 9.40 Å². The Morgan fingerprint density at radius 1 is 1.57 bits per heavy atom. The third-order valence-electron chi connectivity index (χ3n) is 3.13. The number of aromatic nitrogens is 2. The van der Waals surface area contributed by atoms with Crippen molar-refractivity contribution in [1.82, 2.24) is 9.78 Å². The van der Waals surface area contributed by atoms with Gasteiger partial charge in [0, 0.05) is 17.3 Å². The van der Waals surface area contributed by atoms with Gasteiger partial charge in [0.2, 0.25) is 0 Å². The molecular formula is C12H14BrN3O3S2. The number of anilines is 1. The Morgan fingerprint density at radius 2 is 2.43 bits per heavy atom. The van der Waals surface area contributed by atoms with Crippen LogP contribution in [0.1, 0.15) is 12.8 Å². The molecule has 3 rings (SSSR count). The number of rotatable bonds is 5. The summed E-state index contributed by atoms with van der Waals surface area (Å²) in [5, 5.41) is 5.89. The first-order chi connectivity index (χ1) is 10.0. The second-order valence-electron chi connectivity index (χ2n) is 4.75. The Morgan fingerprint density at radius 3 is 3.10 bits per heavy atom. The average molecular weight is 392 g/mol. The zero-order chi connectivity index (χ0) is 14.9. The molecule has 2 aromatic rings. The van der Waals surface area contributed by atoms with Crippen LogP contribution in [0.2, 0.25) is 0 Å².